The van der Waals surface area contributed by atoms with Crippen molar-refractivity contribution in [2.24, 2.45) is 0 Å². The molecule has 162 valence electrons. The predicted octanol–water partition coefficient (Wildman–Crippen LogP) is 2.89. The molecule has 1 fully saturated rings. The molecule has 1 atom stereocenters. The number of rotatable bonds is 8. The molecule has 1 saturated heterocycles. The molecule has 0 radical (unpaired) electrons. The van der Waals surface area contributed by atoms with Crippen molar-refractivity contribution in [1.82, 2.24) is 9.80 Å². The first kappa shape index (κ1) is 22.0. The van der Waals surface area contributed by atoms with Gasteiger partial charge in [0.25, 0.3) is 5.91 Å². The number of amides is 4. The zero-order valence-corrected chi connectivity index (χ0v) is 17.5. The van der Waals surface area contributed by atoms with Crippen molar-refractivity contribution < 1.29 is 23.9 Å². The van der Waals surface area contributed by atoms with Crippen LogP contribution in [-0.4, -0.2) is 53.8 Å². The number of ether oxygens (including phenoxy) is 1. The Kier molecular flexibility index (Phi) is 7.02. The van der Waals surface area contributed by atoms with Crippen molar-refractivity contribution in [2.45, 2.75) is 25.9 Å². The third kappa shape index (κ3) is 5.69. The summed E-state index contributed by atoms with van der Waals surface area (Å²) in [7, 11) is 1.55. The van der Waals surface area contributed by atoms with Gasteiger partial charge in [-0.25, -0.2) is 4.79 Å². The molecule has 1 heterocycles. The number of nitrogens with zero attached hydrogens (tertiary/aromatic N) is 2. The van der Waals surface area contributed by atoms with Gasteiger partial charge in [0.15, 0.2) is 0 Å². The molecule has 2 aromatic rings. The summed E-state index contributed by atoms with van der Waals surface area (Å²) >= 11 is 0. The number of carbonyl (C=O) groups excluding carboxylic acids is 4. The van der Waals surface area contributed by atoms with Crippen molar-refractivity contribution in [2.75, 3.05) is 25.5 Å². The van der Waals surface area contributed by atoms with E-state index in [-0.39, 0.29) is 37.9 Å². The van der Waals surface area contributed by atoms with E-state index in [1.54, 1.807) is 49.5 Å². The number of hydrogen-bond acceptors (Lipinski definition) is 5. The van der Waals surface area contributed by atoms with Crippen LogP contribution in [0.5, 0.6) is 0 Å². The van der Waals surface area contributed by atoms with E-state index in [1.807, 2.05) is 19.1 Å². The summed E-state index contributed by atoms with van der Waals surface area (Å²) in [6.07, 6.45) is -0.885. The Morgan fingerprint density at radius 3 is 2.35 bits per heavy atom. The molecule has 0 aliphatic carbocycles. The van der Waals surface area contributed by atoms with Crippen LogP contribution in [0.4, 0.5) is 10.5 Å². The minimum Gasteiger partial charge on any atom is -0.447 e. The maximum Gasteiger partial charge on any atom is 0.326 e. The molecular formula is C23H25N3O5. The van der Waals surface area contributed by atoms with E-state index >= 15 is 0 Å². The Balaban J connectivity index is 1.61. The molecule has 4 amide bonds. The first-order chi connectivity index (χ1) is 14.8. The van der Waals surface area contributed by atoms with Gasteiger partial charge in [0.05, 0.1) is 0 Å². The fourth-order valence-corrected chi connectivity index (χ4v) is 3.21. The van der Waals surface area contributed by atoms with Crippen LogP contribution in [0.15, 0.2) is 54.6 Å². The average Bonchev–Trinajstić information content (AvgIpc) is 3.00. The van der Waals surface area contributed by atoms with Crippen molar-refractivity contribution >= 4 is 29.5 Å². The van der Waals surface area contributed by atoms with E-state index in [9.17, 15) is 19.2 Å². The molecule has 1 N–H and O–H groups in total. The van der Waals surface area contributed by atoms with Crippen molar-refractivity contribution in [3.63, 3.8) is 0 Å². The number of imide groups is 1. The van der Waals surface area contributed by atoms with E-state index in [1.165, 1.54) is 4.90 Å². The molecule has 0 bridgehead atoms. The third-order valence-electron chi connectivity index (χ3n) is 4.90. The highest BCUT2D eigenvalue weighted by atomic mass is 16.5. The molecule has 1 aliphatic heterocycles. The number of nitrogens with one attached hydrogen (secondary N) is 1. The SMILES string of the molecule is Cc1ccc(NC(=O)[C@H](OC(=O)CCCN2C(=O)CN(C)C2=O)c2ccccc2)cc1. The maximum atomic E-state index is 12.8. The molecule has 8 heteroatoms. The lowest BCUT2D eigenvalue weighted by Crippen LogP contribution is -2.33. The van der Waals surface area contributed by atoms with Gasteiger partial charge in [-0.05, 0) is 25.5 Å². The van der Waals surface area contributed by atoms with E-state index in [0.29, 0.717) is 11.3 Å². The lowest BCUT2D eigenvalue weighted by atomic mass is 10.1. The minimum atomic E-state index is -1.11. The van der Waals surface area contributed by atoms with Gasteiger partial charge in [0.1, 0.15) is 6.54 Å². The first-order valence-electron chi connectivity index (χ1n) is 10.0. The van der Waals surface area contributed by atoms with Crippen LogP contribution in [0, 0.1) is 6.92 Å². The summed E-state index contributed by atoms with van der Waals surface area (Å²) in [5.74, 6) is -1.34. The van der Waals surface area contributed by atoms with Crippen LogP contribution < -0.4 is 5.32 Å². The molecule has 0 spiro atoms. The number of benzene rings is 2. The second-order valence-electron chi connectivity index (χ2n) is 7.42. The average molecular weight is 423 g/mol. The zero-order valence-electron chi connectivity index (χ0n) is 17.5. The fraction of sp³-hybridized carbons (Fsp3) is 0.304. The first-order valence-corrected chi connectivity index (χ1v) is 10.0. The molecular weight excluding hydrogens is 398 g/mol. The van der Waals surface area contributed by atoms with Gasteiger partial charge >= 0.3 is 12.0 Å². The Hall–Kier alpha value is -3.68. The Morgan fingerprint density at radius 1 is 1.06 bits per heavy atom. The summed E-state index contributed by atoms with van der Waals surface area (Å²) in [6, 6.07) is 15.7. The second kappa shape index (κ2) is 9.88. The van der Waals surface area contributed by atoms with Crippen LogP contribution in [0.2, 0.25) is 0 Å². The van der Waals surface area contributed by atoms with E-state index in [0.717, 1.165) is 10.5 Å². The molecule has 0 saturated carbocycles. The summed E-state index contributed by atoms with van der Waals surface area (Å²) in [6.45, 7) is 2.11. The zero-order chi connectivity index (χ0) is 22.4. The van der Waals surface area contributed by atoms with E-state index < -0.39 is 18.0 Å². The van der Waals surface area contributed by atoms with Crippen LogP contribution in [0.25, 0.3) is 0 Å². The Morgan fingerprint density at radius 2 is 1.74 bits per heavy atom. The molecule has 0 aromatic heterocycles. The highest BCUT2D eigenvalue weighted by Crippen LogP contribution is 2.21. The van der Waals surface area contributed by atoms with E-state index in [2.05, 4.69) is 5.32 Å². The number of urea groups is 1. The molecule has 31 heavy (non-hydrogen) atoms. The third-order valence-corrected chi connectivity index (χ3v) is 4.90. The van der Waals surface area contributed by atoms with Gasteiger partial charge in [-0.15, -0.1) is 0 Å². The second-order valence-corrected chi connectivity index (χ2v) is 7.42. The lowest BCUT2D eigenvalue weighted by molar-refractivity contribution is -0.155. The molecule has 8 nitrogen and oxygen atoms in total. The Bertz CT molecular complexity index is 959. The van der Waals surface area contributed by atoms with Gasteiger partial charge < -0.3 is 15.0 Å². The summed E-state index contributed by atoms with van der Waals surface area (Å²) in [5.41, 5.74) is 2.21. The minimum absolute atomic E-state index is 0.0259. The van der Waals surface area contributed by atoms with Crippen molar-refractivity contribution in [1.29, 1.82) is 0 Å². The quantitative estimate of drug-likeness (QED) is 0.520. The molecule has 0 unspecified atom stereocenters. The van der Waals surface area contributed by atoms with E-state index in [4.69, 9.17) is 4.74 Å². The van der Waals surface area contributed by atoms with Crippen molar-refractivity contribution in [3.05, 3.63) is 65.7 Å². The predicted molar refractivity (Wildman–Crippen MR) is 114 cm³/mol. The van der Waals surface area contributed by atoms with Crippen LogP contribution in [0.3, 0.4) is 0 Å². The monoisotopic (exact) mass is 423 g/mol. The smallest absolute Gasteiger partial charge is 0.326 e. The number of esters is 1. The highest BCUT2D eigenvalue weighted by molar-refractivity contribution is 6.01. The molecule has 1 aliphatic rings. The standard InChI is InChI=1S/C23H25N3O5/c1-16-10-12-18(13-11-16)24-22(29)21(17-7-4-3-5-8-17)31-20(28)9-6-14-26-19(27)15-25(2)23(26)30/h3-5,7-8,10-13,21H,6,9,14-15H2,1-2H3,(H,24,29)/t21-/m1/s1. The van der Waals surface area contributed by atoms with Gasteiger partial charge in [-0.3, -0.25) is 19.3 Å². The molecule has 3 rings (SSSR count). The van der Waals surface area contributed by atoms with Gasteiger partial charge in [-0.1, -0.05) is 48.0 Å². The lowest BCUT2D eigenvalue weighted by Gasteiger charge is -2.19. The normalized spacial score (nSPS) is 14.5. The largest absolute Gasteiger partial charge is 0.447 e. The number of aryl methyl sites for hydroxylation is 1. The number of likely N-dealkylation sites (N-methyl/N-ethyl adjacent to an activating group) is 1. The number of anilines is 1. The summed E-state index contributed by atoms with van der Waals surface area (Å²) in [5, 5.41) is 2.77. The highest BCUT2D eigenvalue weighted by Gasteiger charge is 2.33. The van der Waals surface area contributed by atoms with Crippen molar-refractivity contribution in [3.8, 4) is 0 Å². The Labute approximate surface area is 180 Å². The fourth-order valence-electron chi connectivity index (χ4n) is 3.21. The van der Waals surface area contributed by atoms with Gasteiger partial charge in [0.2, 0.25) is 12.0 Å². The summed E-state index contributed by atoms with van der Waals surface area (Å²) < 4.78 is 5.48. The van der Waals surface area contributed by atoms with Gasteiger partial charge in [0, 0.05) is 31.3 Å². The van der Waals surface area contributed by atoms with Gasteiger partial charge in [-0.2, -0.15) is 0 Å². The number of carbonyl (C=O) groups is 4. The number of hydrogen-bond donors (Lipinski definition) is 1. The van der Waals surface area contributed by atoms with Crippen LogP contribution >= 0.6 is 0 Å². The summed E-state index contributed by atoms with van der Waals surface area (Å²) in [4.78, 5) is 51.4. The van der Waals surface area contributed by atoms with Crippen LogP contribution in [-0.2, 0) is 19.1 Å². The topological polar surface area (TPSA) is 96.0 Å². The maximum absolute atomic E-state index is 12.8. The molecule has 2 aromatic carbocycles. The van der Waals surface area contributed by atoms with Crippen LogP contribution in [0.1, 0.15) is 30.1 Å².